The number of anilines is 1. The van der Waals surface area contributed by atoms with Crippen molar-refractivity contribution in [2.45, 2.75) is 13.0 Å². The molecule has 2 N–H and O–H groups in total. The summed E-state index contributed by atoms with van der Waals surface area (Å²) >= 11 is 0. The van der Waals surface area contributed by atoms with Gasteiger partial charge in [0, 0.05) is 33.5 Å². The molecule has 5 nitrogen and oxygen atoms in total. The Labute approximate surface area is 114 Å². The molecule has 0 heterocycles. The van der Waals surface area contributed by atoms with E-state index in [9.17, 15) is 4.79 Å². The average Bonchev–Trinajstić information content (AvgIpc) is 2.42. The van der Waals surface area contributed by atoms with E-state index in [0.717, 1.165) is 11.3 Å². The van der Waals surface area contributed by atoms with Crippen LogP contribution in [0.5, 0.6) is 0 Å². The van der Waals surface area contributed by atoms with Crippen molar-refractivity contribution in [1.82, 2.24) is 5.32 Å². The van der Waals surface area contributed by atoms with E-state index in [1.54, 1.807) is 21.3 Å². The number of benzene rings is 1. The zero-order valence-electron chi connectivity index (χ0n) is 11.9. The Hall–Kier alpha value is -1.59. The minimum absolute atomic E-state index is 0.123. The number of methoxy groups -OCH3 is 2. The molecule has 1 rings (SSSR count). The topological polar surface area (TPSA) is 59.6 Å². The van der Waals surface area contributed by atoms with Gasteiger partial charge in [-0.2, -0.15) is 0 Å². The van der Waals surface area contributed by atoms with E-state index >= 15 is 0 Å². The first-order valence-electron chi connectivity index (χ1n) is 6.20. The van der Waals surface area contributed by atoms with E-state index in [2.05, 4.69) is 10.6 Å². The van der Waals surface area contributed by atoms with Crippen LogP contribution in [-0.4, -0.2) is 46.4 Å². The first kappa shape index (κ1) is 15.5. The van der Waals surface area contributed by atoms with Gasteiger partial charge in [-0.15, -0.1) is 0 Å². The molecule has 0 saturated carbocycles. The zero-order valence-corrected chi connectivity index (χ0v) is 11.9. The molecule has 0 aromatic heterocycles. The van der Waals surface area contributed by atoms with Crippen LogP contribution in [0, 0.1) is 6.92 Å². The Bertz CT molecular complexity index is 421. The average molecular weight is 266 g/mol. The third-order valence-electron chi connectivity index (χ3n) is 2.87. The number of aryl methyl sites for hydroxylation is 1. The summed E-state index contributed by atoms with van der Waals surface area (Å²) in [6, 6.07) is 5.67. The first-order chi connectivity index (χ1) is 9.12. The molecule has 0 fully saturated rings. The number of hydrogen-bond donors (Lipinski definition) is 2. The molecule has 0 aliphatic rings. The second-order valence-corrected chi connectivity index (χ2v) is 4.32. The van der Waals surface area contributed by atoms with E-state index in [-0.39, 0.29) is 12.0 Å². The second-order valence-electron chi connectivity index (χ2n) is 4.32. The highest BCUT2D eigenvalue weighted by Gasteiger charge is 2.13. The molecule has 1 unspecified atom stereocenters. The van der Waals surface area contributed by atoms with Crippen LogP contribution >= 0.6 is 0 Å². The van der Waals surface area contributed by atoms with Crippen molar-refractivity contribution in [1.29, 1.82) is 0 Å². The van der Waals surface area contributed by atoms with Crippen molar-refractivity contribution >= 4 is 11.6 Å². The normalized spacial score (nSPS) is 12.0. The second kappa shape index (κ2) is 7.76. The van der Waals surface area contributed by atoms with Gasteiger partial charge in [-0.25, -0.2) is 0 Å². The summed E-state index contributed by atoms with van der Waals surface area (Å²) in [5.74, 6) is -0.123. The minimum atomic E-state index is -0.141. The molecule has 1 atom stereocenters. The SMILES string of the molecule is CNc1cc(C)ccc1C(=O)NCC(COC)OC. The van der Waals surface area contributed by atoms with Crippen molar-refractivity contribution in [3.05, 3.63) is 29.3 Å². The fraction of sp³-hybridized carbons (Fsp3) is 0.500. The Morgan fingerprint density at radius 2 is 2.11 bits per heavy atom. The highest BCUT2D eigenvalue weighted by Crippen LogP contribution is 2.16. The van der Waals surface area contributed by atoms with Gasteiger partial charge in [0.15, 0.2) is 0 Å². The predicted molar refractivity (Wildman–Crippen MR) is 75.7 cm³/mol. The first-order valence-corrected chi connectivity index (χ1v) is 6.20. The van der Waals surface area contributed by atoms with E-state index in [4.69, 9.17) is 9.47 Å². The van der Waals surface area contributed by atoms with Crippen molar-refractivity contribution < 1.29 is 14.3 Å². The summed E-state index contributed by atoms with van der Waals surface area (Å²) in [5.41, 5.74) is 2.55. The van der Waals surface area contributed by atoms with Gasteiger partial charge in [-0.05, 0) is 24.6 Å². The lowest BCUT2D eigenvalue weighted by Crippen LogP contribution is -2.35. The summed E-state index contributed by atoms with van der Waals surface area (Å²) < 4.78 is 10.2. The van der Waals surface area contributed by atoms with Crippen LogP contribution in [-0.2, 0) is 9.47 Å². The van der Waals surface area contributed by atoms with Crippen molar-refractivity contribution in [3.8, 4) is 0 Å². The molecule has 106 valence electrons. The number of amides is 1. The van der Waals surface area contributed by atoms with Crippen LogP contribution in [0.15, 0.2) is 18.2 Å². The van der Waals surface area contributed by atoms with Gasteiger partial charge in [0.2, 0.25) is 0 Å². The lowest BCUT2D eigenvalue weighted by Gasteiger charge is -2.16. The summed E-state index contributed by atoms with van der Waals surface area (Å²) in [6.45, 7) is 2.85. The van der Waals surface area contributed by atoms with Gasteiger partial charge in [-0.1, -0.05) is 6.07 Å². The molecule has 0 bridgehead atoms. The minimum Gasteiger partial charge on any atom is -0.387 e. The van der Waals surface area contributed by atoms with Crippen molar-refractivity contribution in [2.75, 3.05) is 39.7 Å². The lowest BCUT2D eigenvalue weighted by molar-refractivity contribution is 0.0285. The van der Waals surface area contributed by atoms with Gasteiger partial charge in [0.05, 0.1) is 18.3 Å². The summed E-state index contributed by atoms with van der Waals surface area (Å²) in [7, 11) is 5.00. The van der Waals surface area contributed by atoms with Gasteiger partial charge < -0.3 is 20.1 Å². The molecule has 1 aromatic rings. The van der Waals surface area contributed by atoms with Crippen LogP contribution in [0.3, 0.4) is 0 Å². The molecule has 0 aliphatic heterocycles. The molecule has 0 spiro atoms. The highest BCUT2D eigenvalue weighted by molar-refractivity contribution is 5.99. The molecule has 0 aliphatic carbocycles. The van der Waals surface area contributed by atoms with E-state index in [0.29, 0.717) is 18.7 Å². The fourth-order valence-electron chi connectivity index (χ4n) is 1.76. The van der Waals surface area contributed by atoms with Gasteiger partial charge in [0.1, 0.15) is 0 Å². The monoisotopic (exact) mass is 266 g/mol. The molecule has 0 saturated heterocycles. The third kappa shape index (κ3) is 4.54. The number of rotatable bonds is 7. The van der Waals surface area contributed by atoms with E-state index in [1.807, 2.05) is 25.1 Å². The molecule has 19 heavy (non-hydrogen) atoms. The lowest BCUT2D eigenvalue weighted by atomic mass is 10.1. The number of carbonyl (C=O) groups excluding carboxylic acids is 1. The van der Waals surface area contributed by atoms with Crippen LogP contribution in [0.2, 0.25) is 0 Å². The highest BCUT2D eigenvalue weighted by atomic mass is 16.5. The quantitative estimate of drug-likeness (QED) is 0.784. The Kier molecular flexibility index (Phi) is 6.32. The van der Waals surface area contributed by atoms with Crippen LogP contribution in [0.25, 0.3) is 0 Å². The van der Waals surface area contributed by atoms with Gasteiger partial charge in [-0.3, -0.25) is 4.79 Å². The van der Waals surface area contributed by atoms with Gasteiger partial charge in [0.25, 0.3) is 5.91 Å². The van der Waals surface area contributed by atoms with Gasteiger partial charge >= 0.3 is 0 Å². The maximum absolute atomic E-state index is 12.1. The third-order valence-corrected chi connectivity index (χ3v) is 2.87. The number of hydrogen-bond acceptors (Lipinski definition) is 4. The molecule has 0 radical (unpaired) electrons. The Morgan fingerprint density at radius 3 is 2.68 bits per heavy atom. The number of carbonyl (C=O) groups is 1. The van der Waals surface area contributed by atoms with Crippen molar-refractivity contribution in [2.24, 2.45) is 0 Å². The standard InChI is InChI=1S/C14H22N2O3/c1-10-5-6-12(13(7-10)15-2)14(17)16-8-11(19-4)9-18-3/h5-7,11,15H,8-9H2,1-4H3,(H,16,17). The molecule has 1 aromatic carbocycles. The Morgan fingerprint density at radius 1 is 1.37 bits per heavy atom. The number of ether oxygens (including phenoxy) is 2. The summed E-state index contributed by atoms with van der Waals surface area (Å²) in [5, 5.41) is 5.87. The van der Waals surface area contributed by atoms with Crippen molar-refractivity contribution in [3.63, 3.8) is 0 Å². The van der Waals surface area contributed by atoms with E-state index < -0.39 is 0 Å². The maximum Gasteiger partial charge on any atom is 0.253 e. The van der Waals surface area contributed by atoms with Crippen LogP contribution in [0.4, 0.5) is 5.69 Å². The summed E-state index contributed by atoms with van der Waals surface area (Å²) in [4.78, 5) is 12.1. The smallest absolute Gasteiger partial charge is 0.253 e. The molecule has 5 heteroatoms. The zero-order chi connectivity index (χ0) is 14.3. The number of nitrogens with one attached hydrogen (secondary N) is 2. The maximum atomic E-state index is 12.1. The van der Waals surface area contributed by atoms with Crippen LogP contribution in [0.1, 0.15) is 15.9 Å². The fourth-order valence-corrected chi connectivity index (χ4v) is 1.76. The molecule has 1 amide bonds. The predicted octanol–water partition coefficient (Wildman–Crippen LogP) is 1.43. The molecular weight excluding hydrogens is 244 g/mol. The summed E-state index contributed by atoms with van der Waals surface area (Å²) in [6.07, 6.45) is -0.141. The Balaban J connectivity index is 2.67. The largest absolute Gasteiger partial charge is 0.387 e. The van der Waals surface area contributed by atoms with Crippen LogP contribution < -0.4 is 10.6 Å². The van der Waals surface area contributed by atoms with E-state index in [1.165, 1.54) is 0 Å². The molecular formula is C14H22N2O3.